The Bertz CT molecular complexity index is 1240. The molecule has 0 amide bonds. The highest BCUT2D eigenvalue weighted by molar-refractivity contribution is 9.10. The molecule has 0 spiro atoms. The largest absolute Gasteiger partial charge is 0.264 e. The van der Waals surface area contributed by atoms with Crippen molar-refractivity contribution in [2.45, 2.75) is 9.79 Å². The monoisotopic (exact) mass is 615 g/mol. The van der Waals surface area contributed by atoms with Gasteiger partial charge in [-0.15, -0.1) is 0 Å². The van der Waals surface area contributed by atoms with Gasteiger partial charge in [0.25, 0.3) is 20.0 Å². The first kappa shape index (κ1) is 23.2. The van der Waals surface area contributed by atoms with Gasteiger partial charge in [-0.3, -0.25) is 9.44 Å². The summed E-state index contributed by atoms with van der Waals surface area (Å²) < 4.78 is 55.2. The molecule has 3 rings (SSSR count). The molecule has 0 saturated carbocycles. The fraction of sp³-hybridized carbons (Fsp3) is 0. The average molecular weight is 618 g/mol. The maximum Gasteiger partial charge on any atom is 0.264 e. The summed E-state index contributed by atoms with van der Waals surface area (Å²) in [7, 11) is -8.09. The number of anilines is 2. The van der Waals surface area contributed by atoms with Crippen LogP contribution in [0.5, 0.6) is 0 Å². The van der Waals surface area contributed by atoms with Crippen LogP contribution in [0, 0.1) is 0 Å². The molecule has 3 aromatic heterocycles. The number of rotatable bonds is 6. The fourth-order valence-electron chi connectivity index (χ4n) is 2.04. The lowest BCUT2D eigenvalue weighted by atomic mass is 10.4. The van der Waals surface area contributed by atoms with Crippen LogP contribution in [0.4, 0.5) is 11.6 Å². The van der Waals surface area contributed by atoms with E-state index in [-0.39, 0.29) is 31.7 Å². The van der Waals surface area contributed by atoms with Crippen molar-refractivity contribution in [1.82, 2.24) is 15.0 Å². The van der Waals surface area contributed by atoms with Crippen LogP contribution >= 0.6 is 55.1 Å². The molecular weight excluding hydrogens is 609 g/mol. The Labute approximate surface area is 198 Å². The van der Waals surface area contributed by atoms with E-state index in [0.717, 1.165) is 12.4 Å². The first-order valence-corrected chi connectivity index (χ1v) is 12.9. The lowest BCUT2D eigenvalue weighted by Crippen LogP contribution is -2.17. The van der Waals surface area contributed by atoms with Crippen LogP contribution in [0.3, 0.4) is 0 Å². The van der Waals surface area contributed by atoms with Gasteiger partial charge in [-0.1, -0.05) is 29.3 Å². The molecule has 0 atom stereocenters. The molecule has 3 aromatic rings. The van der Waals surface area contributed by atoms with Gasteiger partial charge in [-0.2, -0.15) is 0 Å². The summed E-state index contributed by atoms with van der Waals surface area (Å²) in [6.07, 6.45) is 2.15. The molecule has 0 aliphatic carbocycles. The standard InChI is InChI=1S/C15H9Br2Cl2N5O4S2/c16-10-4-8(6-20-14(10)18)29(25,26)23-12-2-1-3-13(22-12)24-30(27,28)9-5-11(17)15(19)21-7-9/h1-7H,(H2,22,23,24). The average Bonchev–Trinajstić information content (AvgIpc) is 2.65. The molecule has 0 radical (unpaired) electrons. The molecule has 15 heteroatoms. The first-order valence-electron chi connectivity index (χ1n) is 7.63. The van der Waals surface area contributed by atoms with Crippen LogP contribution < -0.4 is 9.44 Å². The summed E-state index contributed by atoms with van der Waals surface area (Å²) in [5.41, 5.74) is 0. The predicted molar refractivity (Wildman–Crippen MR) is 120 cm³/mol. The summed E-state index contributed by atoms with van der Waals surface area (Å²) in [5, 5.41) is 0.207. The molecule has 3 heterocycles. The van der Waals surface area contributed by atoms with Crippen LogP contribution in [0.2, 0.25) is 10.3 Å². The van der Waals surface area contributed by atoms with Gasteiger partial charge in [0.1, 0.15) is 31.7 Å². The quantitative estimate of drug-likeness (QED) is 0.394. The summed E-state index contributed by atoms with van der Waals surface area (Å²) in [4.78, 5) is 11.2. The van der Waals surface area contributed by atoms with Crippen molar-refractivity contribution in [1.29, 1.82) is 0 Å². The molecule has 30 heavy (non-hydrogen) atoms. The highest BCUT2D eigenvalue weighted by atomic mass is 79.9. The zero-order chi connectivity index (χ0) is 22.1. The van der Waals surface area contributed by atoms with E-state index >= 15 is 0 Å². The summed E-state index contributed by atoms with van der Waals surface area (Å²) >= 11 is 17.8. The number of hydrogen-bond donors (Lipinski definition) is 2. The second-order valence-electron chi connectivity index (χ2n) is 5.51. The highest BCUT2D eigenvalue weighted by Gasteiger charge is 2.19. The maximum atomic E-state index is 12.5. The third kappa shape index (κ3) is 5.39. The van der Waals surface area contributed by atoms with E-state index in [2.05, 4.69) is 56.3 Å². The Morgan fingerprint density at radius 1 is 0.767 bits per heavy atom. The minimum atomic E-state index is -4.05. The summed E-state index contributed by atoms with van der Waals surface area (Å²) in [6.45, 7) is 0. The second kappa shape index (κ2) is 8.93. The van der Waals surface area contributed by atoms with Gasteiger partial charge in [-0.05, 0) is 56.1 Å². The van der Waals surface area contributed by atoms with Crippen LogP contribution in [-0.2, 0) is 20.0 Å². The van der Waals surface area contributed by atoms with Crippen molar-refractivity contribution in [3.05, 3.63) is 62.0 Å². The van der Waals surface area contributed by atoms with E-state index in [1.807, 2.05) is 0 Å². The van der Waals surface area contributed by atoms with E-state index < -0.39 is 20.0 Å². The van der Waals surface area contributed by atoms with Crippen LogP contribution in [0.15, 0.2) is 61.5 Å². The maximum absolute atomic E-state index is 12.5. The van der Waals surface area contributed by atoms with E-state index in [9.17, 15) is 16.8 Å². The Morgan fingerprint density at radius 3 is 1.53 bits per heavy atom. The number of halogens is 4. The Kier molecular flexibility index (Phi) is 6.89. The Balaban J connectivity index is 1.85. The number of hydrogen-bond acceptors (Lipinski definition) is 7. The molecule has 9 nitrogen and oxygen atoms in total. The van der Waals surface area contributed by atoms with Gasteiger partial charge >= 0.3 is 0 Å². The zero-order valence-electron chi connectivity index (χ0n) is 14.3. The molecule has 0 aliphatic heterocycles. The zero-order valence-corrected chi connectivity index (χ0v) is 20.7. The van der Waals surface area contributed by atoms with E-state index in [1.165, 1.54) is 30.3 Å². The molecule has 0 fully saturated rings. The normalized spacial score (nSPS) is 11.9. The van der Waals surface area contributed by atoms with E-state index in [4.69, 9.17) is 23.2 Å². The molecule has 0 unspecified atom stereocenters. The molecule has 158 valence electrons. The Morgan fingerprint density at radius 2 is 1.17 bits per heavy atom. The molecule has 0 aromatic carbocycles. The van der Waals surface area contributed by atoms with Crippen molar-refractivity contribution >= 4 is 86.7 Å². The third-order valence-electron chi connectivity index (χ3n) is 3.39. The second-order valence-corrected chi connectivity index (χ2v) is 11.3. The van der Waals surface area contributed by atoms with Crippen molar-refractivity contribution in [2.24, 2.45) is 0 Å². The van der Waals surface area contributed by atoms with Gasteiger partial charge in [-0.25, -0.2) is 31.8 Å². The number of pyridine rings is 3. The fourth-order valence-corrected chi connectivity index (χ4v) is 5.19. The van der Waals surface area contributed by atoms with Gasteiger partial charge in [0.2, 0.25) is 0 Å². The van der Waals surface area contributed by atoms with Crippen LogP contribution in [0.1, 0.15) is 0 Å². The van der Waals surface area contributed by atoms with Crippen molar-refractivity contribution < 1.29 is 16.8 Å². The minimum absolute atomic E-state index is 0.104. The topological polar surface area (TPSA) is 131 Å². The number of nitrogens with zero attached hydrogens (tertiary/aromatic N) is 3. The highest BCUT2D eigenvalue weighted by Crippen LogP contribution is 2.26. The van der Waals surface area contributed by atoms with Crippen molar-refractivity contribution in [3.63, 3.8) is 0 Å². The van der Waals surface area contributed by atoms with Crippen LogP contribution in [-0.4, -0.2) is 31.8 Å². The molecule has 0 saturated heterocycles. The summed E-state index contributed by atoms with van der Waals surface area (Å²) in [6, 6.07) is 6.68. The molecule has 0 bridgehead atoms. The third-order valence-corrected chi connectivity index (χ3v) is 8.30. The SMILES string of the molecule is O=S(=O)(Nc1cccc(NS(=O)(=O)c2cnc(Cl)c(Br)c2)n1)c1cnc(Cl)c(Br)c1. The molecular formula is C15H9Br2Cl2N5O4S2. The molecule has 2 N–H and O–H groups in total. The number of sulfonamides is 2. The summed E-state index contributed by atoms with van der Waals surface area (Å²) in [5.74, 6) is -0.228. The van der Waals surface area contributed by atoms with Gasteiger partial charge in [0.15, 0.2) is 0 Å². The lowest BCUT2D eigenvalue weighted by Gasteiger charge is -2.11. The predicted octanol–water partition coefficient (Wildman–Crippen LogP) is 4.31. The van der Waals surface area contributed by atoms with E-state index in [1.54, 1.807) is 0 Å². The molecule has 0 aliphatic rings. The van der Waals surface area contributed by atoms with E-state index in [0.29, 0.717) is 8.95 Å². The van der Waals surface area contributed by atoms with Gasteiger partial charge in [0, 0.05) is 12.4 Å². The lowest BCUT2D eigenvalue weighted by molar-refractivity contribution is 0.599. The smallest absolute Gasteiger partial charge is 0.263 e. The van der Waals surface area contributed by atoms with Gasteiger partial charge in [0.05, 0.1) is 8.95 Å². The van der Waals surface area contributed by atoms with Crippen molar-refractivity contribution in [3.8, 4) is 0 Å². The minimum Gasteiger partial charge on any atom is -0.263 e. The number of aromatic nitrogens is 3. The number of nitrogens with one attached hydrogen (secondary N) is 2. The van der Waals surface area contributed by atoms with Gasteiger partial charge < -0.3 is 0 Å². The van der Waals surface area contributed by atoms with Crippen LogP contribution in [0.25, 0.3) is 0 Å². The first-order chi connectivity index (χ1) is 14.0. The Hall–Kier alpha value is -1.51. The van der Waals surface area contributed by atoms with Crippen molar-refractivity contribution in [2.75, 3.05) is 9.44 Å².